The molecule has 2 aromatic rings. The standard InChI is InChI=1S/C18H24N4OS2/c1-13-5-3-4-10-22(13)11-15-6-8-16(9-7-15)20-17(23)14(2)25-18-21-19-12-24-18/h6-9,12-14H,3-5,10-11H2,1-2H3,(H,20,23)/t13-,14+/m0/s1. The van der Waals surface area contributed by atoms with E-state index in [0.29, 0.717) is 6.04 Å². The monoisotopic (exact) mass is 376 g/mol. The number of carbonyl (C=O) groups is 1. The van der Waals surface area contributed by atoms with Gasteiger partial charge in [-0.15, -0.1) is 10.2 Å². The van der Waals surface area contributed by atoms with E-state index in [1.54, 1.807) is 5.51 Å². The Kier molecular flexibility index (Phi) is 6.45. The molecule has 0 unspecified atom stereocenters. The van der Waals surface area contributed by atoms with Crippen molar-refractivity contribution in [1.82, 2.24) is 15.1 Å². The number of aromatic nitrogens is 2. The first-order valence-corrected chi connectivity index (χ1v) is 10.4. The quantitative estimate of drug-likeness (QED) is 0.771. The zero-order valence-corrected chi connectivity index (χ0v) is 16.3. The summed E-state index contributed by atoms with van der Waals surface area (Å²) in [5, 5.41) is 10.5. The van der Waals surface area contributed by atoms with Gasteiger partial charge in [-0.1, -0.05) is 41.7 Å². The number of piperidine rings is 1. The predicted molar refractivity (Wildman–Crippen MR) is 104 cm³/mol. The molecule has 5 nitrogen and oxygen atoms in total. The first-order chi connectivity index (χ1) is 12.1. The van der Waals surface area contributed by atoms with Crippen molar-refractivity contribution in [1.29, 1.82) is 0 Å². The second-order valence-corrected chi connectivity index (χ2v) is 8.89. The van der Waals surface area contributed by atoms with Crippen LogP contribution in [0.1, 0.15) is 38.7 Å². The van der Waals surface area contributed by atoms with Crippen molar-refractivity contribution in [3.05, 3.63) is 35.3 Å². The average molecular weight is 377 g/mol. The fourth-order valence-corrected chi connectivity index (χ4v) is 4.61. The number of rotatable bonds is 6. The second-order valence-electron chi connectivity index (χ2n) is 6.47. The number of hydrogen-bond acceptors (Lipinski definition) is 6. The fourth-order valence-electron chi connectivity index (χ4n) is 2.98. The minimum atomic E-state index is -0.207. The summed E-state index contributed by atoms with van der Waals surface area (Å²) in [6.45, 7) is 6.36. The van der Waals surface area contributed by atoms with E-state index in [1.807, 2.05) is 19.1 Å². The third-order valence-corrected chi connectivity index (χ3v) is 6.45. The van der Waals surface area contributed by atoms with E-state index in [2.05, 4.69) is 39.5 Å². The van der Waals surface area contributed by atoms with Crippen molar-refractivity contribution in [3.8, 4) is 0 Å². The molecule has 25 heavy (non-hydrogen) atoms. The molecule has 3 rings (SSSR count). The number of carbonyl (C=O) groups excluding carboxylic acids is 1. The number of amides is 1. The Labute approximate surface area is 157 Å². The maximum atomic E-state index is 12.3. The summed E-state index contributed by atoms with van der Waals surface area (Å²) in [4.78, 5) is 14.8. The Morgan fingerprint density at radius 3 is 2.88 bits per heavy atom. The Bertz CT molecular complexity index is 675. The molecule has 1 aromatic carbocycles. The van der Waals surface area contributed by atoms with Gasteiger partial charge >= 0.3 is 0 Å². The minimum absolute atomic E-state index is 0.0161. The summed E-state index contributed by atoms with van der Waals surface area (Å²) in [6, 6.07) is 8.86. The number of anilines is 1. The lowest BCUT2D eigenvalue weighted by atomic mass is 10.0. The van der Waals surface area contributed by atoms with E-state index in [9.17, 15) is 4.79 Å². The van der Waals surface area contributed by atoms with Gasteiger partial charge < -0.3 is 5.32 Å². The van der Waals surface area contributed by atoms with Gasteiger partial charge in [0.15, 0.2) is 4.34 Å². The molecule has 0 aliphatic carbocycles. The molecule has 1 N–H and O–H groups in total. The van der Waals surface area contributed by atoms with Crippen LogP contribution in [-0.4, -0.2) is 38.8 Å². The number of benzene rings is 1. The third-order valence-electron chi connectivity index (χ3n) is 4.53. The molecule has 0 bridgehead atoms. The molecule has 2 heterocycles. The van der Waals surface area contributed by atoms with Gasteiger partial charge in [0, 0.05) is 18.3 Å². The lowest BCUT2D eigenvalue weighted by molar-refractivity contribution is -0.115. The maximum absolute atomic E-state index is 12.3. The Morgan fingerprint density at radius 2 is 2.20 bits per heavy atom. The van der Waals surface area contributed by atoms with Crippen LogP contribution in [0.5, 0.6) is 0 Å². The topological polar surface area (TPSA) is 58.1 Å². The van der Waals surface area contributed by atoms with Crippen molar-refractivity contribution in [2.75, 3.05) is 11.9 Å². The van der Waals surface area contributed by atoms with Gasteiger partial charge in [-0.3, -0.25) is 9.69 Å². The average Bonchev–Trinajstić information content (AvgIpc) is 3.11. The lowest BCUT2D eigenvalue weighted by Crippen LogP contribution is -2.36. The summed E-state index contributed by atoms with van der Waals surface area (Å²) in [5.41, 5.74) is 3.81. The van der Waals surface area contributed by atoms with E-state index in [0.717, 1.165) is 16.6 Å². The molecule has 1 aromatic heterocycles. The number of hydrogen-bond donors (Lipinski definition) is 1. The SMILES string of the molecule is C[C@@H](Sc1nncs1)C(=O)Nc1ccc(CN2CCCC[C@@H]2C)cc1. The number of nitrogens with zero attached hydrogens (tertiary/aromatic N) is 3. The van der Waals surface area contributed by atoms with Crippen molar-refractivity contribution >= 4 is 34.7 Å². The first-order valence-electron chi connectivity index (χ1n) is 8.68. The summed E-state index contributed by atoms with van der Waals surface area (Å²) >= 11 is 2.88. The summed E-state index contributed by atoms with van der Waals surface area (Å²) in [7, 11) is 0. The summed E-state index contributed by atoms with van der Waals surface area (Å²) in [5.74, 6) is -0.0161. The normalized spacial score (nSPS) is 19.5. The van der Waals surface area contributed by atoms with Crippen molar-refractivity contribution in [3.63, 3.8) is 0 Å². The van der Waals surface area contributed by atoms with Gasteiger partial charge in [0.1, 0.15) is 5.51 Å². The van der Waals surface area contributed by atoms with Crippen LogP contribution >= 0.6 is 23.1 Å². The molecule has 134 valence electrons. The van der Waals surface area contributed by atoms with Gasteiger partial charge in [-0.25, -0.2) is 0 Å². The van der Waals surface area contributed by atoms with E-state index >= 15 is 0 Å². The number of thioether (sulfide) groups is 1. The highest BCUT2D eigenvalue weighted by atomic mass is 32.2. The highest BCUT2D eigenvalue weighted by Gasteiger charge is 2.18. The maximum Gasteiger partial charge on any atom is 0.237 e. The second kappa shape index (κ2) is 8.78. The first kappa shape index (κ1) is 18.4. The molecule has 0 spiro atoms. The van der Waals surface area contributed by atoms with E-state index in [-0.39, 0.29) is 11.2 Å². The Balaban J connectivity index is 1.52. The number of nitrogens with one attached hydrogen (secondary N) is 1. The third kappa shape index (κ3) is 5.26. The van der Waals surface area contributed by atoms with E-state index in [1.165, 1.54) is 54.5 Å². The molecule has 2 atom stereocenters. The van der Waals surface area contributed by atoms with Crippen LogP contribution in [0.25, 0.3) is 0 Å². The molecule has 7 heteroatoms. The van der Waals surface area contributed by atoms with E-state index < -0.39 is 0 Å². The predicted octanol–water partition coefficient (Wildman–Crippen LogP) is 4.03. The minimum Gasteiger partial charge on any atom is -0.325 e. The fraction of sp³-hybridized carbons (Fsp3) is 0.500. The number of likely N-dealkylation sites (tertiary alicyclic amines) is 1. The molecular weight excluding hydrogens is 352 g/mol. The lowest BCUT2D eigenvalue weighted by Gasteiger charge is -2.33. The largest absolute Gasteiger partial charge is 0.325 e. The van der Waals surface area contributed by atoms with Gasteiger partial charge in [0.2, 0.25) is 5.91 Å². The molecule has 0 radical (unpaired) electrons. The molecule has 1 fully saturated rings. The Hall–Kier alpha value is -1.44. The zero-order valence-electron chi connectivity index (χ0n) is 14.6. The van der Waals surface area contributed by atoms with Crippen molar-refractivity contribution in [2.45, 2.75) is 55.3 Å². The molecule has 1 aliphatic heterocycles. The highest BCUT2D eigenvalue weighted by Crippen LogP contribution is 2.25. The smallest absolute Gasteiger partial charge is 0.237 e. The highest BCUT2D eigenvalue weighted by molar-refractivity contribution is 8.02. The summed E-state index contributed by atoms with van der Waals surface area (Å²) in [6.07, 6.45) is 3.93. The zero-order chi connectivity index (χ0) is 17.6. The van der Waals surface area contributed by atoms with Gasteiger partial charge in [0.25, 0.3) is 0 Å². The van der Waals surface area contributed by atoms with Crippen LogP contribution in [0.4, 0.5) is 5.69 Å². The van der Waals surface area contributed by atoms with E-state index in [4.69, 9.17) is 0 Å². The van der Waals surface area contributed by atoms with Crippen molar-refractivity contribution in [2.24, 2.45) is 0 Å². The molecular formula is C18H24N4OS2. The van der Waals surface area contributed by atoms with Crippen LogP contribution in [0.3, 0.4) is 0 Å². The van der Waals surface area contributed by atoms with Crippen molar-refractivity contribution < 1.29 is 4.79 Å². The van der Waals surface area contributed by atoms with Crippen LogP contribution < -0.4 is 5.32 Å². The van der Waals surface area contributed by atoms with Crippen LogP contribution in [0, 0.1) is 0 Å². The van der Waals surface area contributed by atoms with Crippen LogP contribution in [0.15, 0.2) is 34.1 Å². The van der Waals surface area contributed by atoms with Gasteiger partial charge in [-0.2, -0.15) is 0 Å². The van der Waals surface area contributed by atoms with Crippen LogP contribution in [0.2, 0.25) is 0 Å². The van der Waals surface area contributed by atoms with Crippen LogP contribution in [-0.2, 0) is 11.3 Å². The summed E-state index contributed by atoms with van der Waals surface area (Å²) < 4.78 is 0.814. The van der Waals surface area contributed by atoms with Gasteiger partial charge in [0.05, 0.1) is 5.25 Å². The Morgan fingerprint density at radius 1 is 1.40 bits per heavy atom. The molecule has 0 saturated carbocycles. The van der Waals surface area contributed by atoms with Gasteiger partial charge in [-0.05, 0) is 50.9 Å². The molecule has 1 aliphatic rings. The molecule has 1 saturated heterocycles. The molecule has 1 amide bonds.